The van der Waals surface area contributed by atoms with E-state index in [1.54, 1.807) is 19.1 Å². The van der Waals surface area contributed by atoms with Crippen LogP contribution in [0.15, 0.2) is 24.3 Å². The van der Waals surface area contributed by atoms with Crippen molar-refractivity contribution in [1.82, 2.24) is 10.6 Å². The first kappa shape index (κ1) is 17.0. The summed E-state index contributed by atoms with van der Waals surface area (Å²) in [6, 6.07) is 5.28. The molecule has 1 aromatic rings. The normalized spacial score (nSPS) is 13.4. The van der Waals surface area contributed by atoms with Crippen LogP contribution >= 0.6 is 0 Å². The minimum absolute atomic E-state index is 0.119. The van der Waals surface area contributed by atoms with Gasteiger partial charge >= 0.3 is 5.97 Å². The first-order valence-electron chi connectivity index (χ1n) is 6.95. The second-order valence-corrected chi connectivity index (χ2v) is 4.98. The average molecular weight is 294 g/mol. The van der Waals surface area contributed by atoms with E-state index < -0.39 is 12.0 Å². The second kappa shape index (κ2) is 8.26. The molecular weight excluding hydrogens is 272 g/mol. The Bertz CT molecular complexity index is 473. The third-order valence-corrected chi connectivity index (χ3v) is 3.14. The predicted octanol–water partition coefficient (Wildman–Crippen LogP) is 0.750. The SMILES string of the molecule is CCNCC(C)C(=O)NC(Cc1ccc(O)cc1)C(=O)O. The summed E-state index contributed by atoms with van der Waals surface area (Å²) in [5.74, 6) is -1.55. The summed E-state index contributed by atoms with van der Waals surface area (Å²) in [6.45, 7) is 4.95. The van der Waals surface area contributed by atoms with Crippen molar-refractivity contribution in [3.63, 3.8) is 0 Å². The Morgan fingerprint density at radius 3 is 2.38 bits per heavy atom. The lowest BCUT2D eigenvalue weighted by atomic mass is 10.0. The highest BCUT2D eigenvalue weighted by molar-refractivity contribution is 5.85. The molecule has 21 heavy (non-hydrogen) atoms. The van der Waals surface area contributed by atoms with Crippen molar-refractivity contribution >= 4 is 11.9 Å². The van der Waals surface area contributed by atoms with E-state index in [2.05, 4.69) is 10.6 Å². The zero-order valence-electron chi connectivity index (χ0n) is 12.3. The van der Waals surface area contributed by atoms with Crippen molar-refractivity contribution in [2.45, 2.75) is 26.3 Å². The lowest BCUT2D eigenvalue weighted by Crippen LogP contribution is -2.46. The fourth-order valence-electron chi connectivity index (χ4n) is 1.84. The molecule has 0 saturated carbocycles. The average Bonchev–Trinajstić information content (AvgIpc) is 2.45. The molecule has 0 aromatic heterocycles. The van der Waals surface area contributed by atoms with Crippen molar-refractivity contribution in [2.75, 3.05) is 13.1 Å². The molecule has 0 aliphatic carbocycles. The molecular formula is C15H22N2O4. The van der Waals surface area contributed by atoms with E-state index in [1.165, 1.54) is 12.1 Å². The van der Waals surface area contributed by atoms with E-state index in [-0.39, 0.29) is 24.0 Å². The van der Waals surface area contributed by atoms with E-state index in [0.29, 0.717) is 6.54 Å². The molecule has 0 fully saturated rings. The molecule has 2 unspecified atom stereocenters. The molecule has 116 valence electrons. The molecule has 0 radical (unpaired) electrons. The van der Waals surface area contributed by atoms with Crippen molar-refractivity contribution in [3.8, 4) is 5.75 Å². The number of aromatic hydroxyl groups is 1. The van der Waals surface area contributed by atoms with Crippen molar-refractivity contribution < 1.29 is 19.8 Å². The van der Waals surface area contributed by atoms with E-state index in [4.69, 9.17) is 0 Å². The van der Waals surface area contributed by atoms with Gasteiger partial charge in [-0.2, -0.15) is 0 Å². The van der Waals surface area contributed by atoms with Gasteiger partial charge in [-0.3, -0.25) is 4.79 Å². The second-order valence-electron chi connectivity index (χ2n) is 4.98. The number of carboxylic acid groups (broad SMARTS) is 1. The zero-order chi connectivity index (χ0) is 15.8. The Balaban J connectivity index is 2.63. The minimum Gasteiger partial charge on any atom is -0.508 e. The molecule has 0 aliphatic rings. The maximum absolute atomic E-state index is 12.0. The number of aliphatic carboxylic acids is 1. The van der Waals surface area contributed by atoms with Crippen molar-refractivity contribution in [3.05, 3.63) is 29.8 Å². The van der Waals surface area contributed by atoms with Gasteiger partial charge in [-0.15, -0.1) is 0 Å². The molecule has 0 bridgehead atoms. The molecule has 2 atom stereocenters. The maximum Gasteiger partial charge on any atom is 0.326 e. The van der Waals surface area contributed by atoms with Gasteiger partial charge in [0.15, 0.2) is 0 Å². The molecule has 0 spiro atoms. The van der Waals surface area contributed by atoms with Crippen LogP contribution in [0.5, 0.6) is 5.75 Å². The van der Waals surface area contributed by atoms with Gasteiger partial charge < -0.3 is 20.8 Å². The number of carbonyl (C=O) groups is 2. The van der Waals surface area contributed by atoms with Crippen LogP contribution in [0, 0.1) is 5.92 Å². The number of hydrogen-bond acceptors (Lipinski definition) is 4. The van der Waals surface area contributed by atoms with Crippen LogP contribution in [0.1, 0.15) is 19.4 Å². The van der Waals surface area contributed by atoms with Crippen LogP contribution in [0.25, 0.3) is 0 Å². The van der Waals surface area contributed by atoms with E-state index in [0.717, 1.165) is 12.1 Å². The summed E-state index contributed by atoms with van der Waals surface area (Å²) >= 11 is 0. The van der Waals surface area contributed by atoms with Crippen LogP contribution in [-0.4, -0.2) is 41.2 Å². The van der Waals surface area contributed by atoms with E-state index >= 15 is 0 Å². The first-order chi connectivity index (χ1) is 9.93. The van der Waals surface area contributed by atoms with E-state index in [9.17, 15) is 19.8 Å². The van der Waals surface area contributed by atoms with Gasteiger partial charge in [0.1, 0.15) is 11.8 Å². The van der Waals surface area contributed by atoms with Gasteiger partial charge in [0.25, 0.3) is 0 Å². The molecule has 0 aliphatic heterocycles. The van der Waals surface area contributed by atoms with Gasteiger partial charge in [-0.05, 0) is 24.2 Å². The topological polar surface area (TPSA) is 98.7 Å². The number of phenols is 1. The quantitative estimate of drug-likeness (QED) is 0.567. The summed E-state index contributed by atoms with van der Waals surface area (Å²) in [5.41, 5.74) is 0.736. The molecule has 6 nitrogen and oxygen atoms in total. The highest BCUT2D eigenvalue weighted by Crippen LogP contribution is 2.11. The van der Waals surface area contributed by atoms with Crippen LogP contribution in [0.3, 0.4) is 0 Å². The summed E-state index contributed by atoms with van der Waals surface area (Å²) in [5, 5.41) is 24.0. The number of amides is 1. The number of nitrogens with one attached hydrogen (secondary N) is 2. The Labute approximate surface area is 124 Å². The third-order valence-electron chi connectivity index (χ3n) is 3.14. The van der Waals surface area contributed by atoms with Gasteiger partial charge in [0.2, 0.25) is 5.91 Å². The molecule has 1 rings (SSSR count). The van der Waals surface area contributed by atoms with Crippen LogP contribution in [0.4, 0.5) is 0 Å². The van der Waals surface area contributed by atoms with Gasteiger partial charge in [-0.1, -0.05) is 26.0 Å². The standard InChI is InChI=1S/C15H22N2O4/c1-3-16-9-10(2)14(19)17-13(15(20)21)8-11-4-6-12(18)7-5-11/h4-7,10,13,16,18H,3,8-9H2,1-2H3,(H,17,19)(H,20,21). The monoisotopic (exact) mass is 294 g/mol. The number of phenolic OH excluding ortho intramolecular Hbond substituents is 1. The highest BCUT2D eigenvalue weighted by Gasteiger charge is 2.23. The molecule has 0 heterocycles. The van der Waals surface area contributed by atoms with Crippen LogP contribution < -0.4 is 10.6 Å². The number of rotatable bonds is 8. The van der Waals surface area contributed by atoms with Crippen LogP contribution in [-0.2, 0) is 16.0 Å². The Kier molecular flexibility index (Phi) is 6.68. The summed E-state index contributed by atoms with van der Waals surface area (Å²) in [6.07, 6.45) is 0.176. The van der Waals surface area contributed by atoms with E-state index in [1.807, 2.05) is 6.92 Å². The number of carboxylic acids is 1. The predicted molar refractivity (Wildman–Crippen MR) is 79.1 cm³/mol. The fourth-order valence-corrected chi connectivity index (χ4v) is 1.84. The number of carbonyl (C=O) groups excluding carboxylic acids is 1. The summed E-state index contributed by atoms with van der Waals surface area (Å²) in [7, 11) is 0. The maximum atomic E-state index is 12.0. The summed E-state index contributed by atoms with van der Waals surface area (Å²) in [4.78, 5) is 23.2. The van der Waals surface area contributed by atoms with Gasteiger partial charge in [0.05, 0.1) is 0 Å². The fraction of sp³-hybridized carbons (Fsp3) is 0.467. The smallest absolute Gasteiger partial charge is 0.326 e. The van der Waals surface area contributed by atoms with Crippen LogP contribution in [0.2, 0.25) is 0 Å². The zero-order valence-corrected chi connectivity index (χ0v) is 12.3. The molecule has 1 amide bonds. The Hall–Kier alpha value is -2.08. The molecule has 6 heteroatoms. The van der Waals surface area contributed by atoms with Crippen molar-refractivity contribution in [2.24, 2.45) is 5.92 Å². The molecule has 4 N–H and O–H groups in total. The third kappa shape index (κ3) is 5.83. The van der Waals surface area contributed by atoms with Gasteiger partial charge in [0, 0.05) is 18.9 Å². The number of hydrogen-bond donors (Lipinski definition) is 4. The number of benzene rings is 1. The van der Waals surface area contributed by atoms with Crippen molar-refractivity contribution in [1.29, 1.82) is 0 Å². The Morgan fingerprint density at radius 2 is 1.86 bits per heavy atom. The largest absolute Gasteiger partial charge is 0.508 e. The highest BCUT2D eigenvalue weighted by atomic mass is 16.4. The Morgan fingerprint density at radius 1 is 1.24 bits per heavy atom. The lowest BCUT2D eigenvalue weighted by Gasteiger charge is -2.18. The molecule has 0 saturated heterocycles. The minimum atomic E-state index is -1.08. The molecule has 1 aromatic carbocycles. The van der Waals surface area contributed by atoms with Gasteiger partial charge in [-0.25, -0.2) is 4.79 Å². The summed E-state index contributed by atoms with van der Waals surface area (Å²) < 4.78 is 0. The first-order valence-corrected chi connectivity index (χ1v) is 6.95. The lowest BCUT2D eigenvalue weighted by molar-refractivity contribution is -0.142.